The van der Waals surface area contributed by atoms with E-state index in [9.17, 15) is 13.6 Å². The fourth-order valence-electron chi connectivity index (χ4n) is 2.75. The second-order valence-corrected chi connectivity index (χ2v) is 6.47. The molecule has 0 aliphatic heterocycles. The number of hydrogen-bond donors (Lipinski definition) is 2. The van der Waals surface area contributed by atoms with E-state index in [1.54, 1.807) is 6.07 Å². The summed E-state index contributed by atoms with van der Waals surface area (Å²) in [5.74, 6) is -0.948. The predicted octanol–water partition coefficient (Wildman–Crippen LogP) is 4.15. The summed E-state index contributed by atoms with van der Waals surface area (Å²) >= 11 is 0. The van der Waals surface area contributed by atoms with Crippen LogP contribution in [0.25, 0.3) is 10.9 Å². The Morgan fingerprint density at radius 3 is 2.46 bits per heavy atom. The molecule has 3 rings (SSSR count). The van der Waals surface area contributed by atoms with E-state index in [0.29, 0.717) is 12.1 Å². The first-order valence-corrected chi connectivity index (χ1v) is 7.68. The van der Waals surface area contributed by atoms with Gasteiger partial charge in [-0.25, -0.2) is 8.78 Å². The highest BCUT2D eigenvalue weighted by atomic mass is 19.1. The summed E-state index contributed by atoms with van der Waals surface area (Å²) in [6, 6.07) is 9.99. The Hall–Kier alpha value is -2.69. The maximum absolute atomic E-state index is 13.5. The first-order chi connectivity index (χ1) is 11.4. The summed E-state index contributed by atoms with van der Waals surface area (Å²) in [7, 11) is 0. The molecule has 0 bridgehead atoms. The molecule has 2 N–H and O–H groups in total. The number of rotatable bonds is 4. The topological polar surface area (TPSA) is 44.9 Å². The van der Waals surface area contributed by atoms with Crippen molar-refractivity contribution < 1.29 is 13.6 Å². The summed E-state index contributed by atoms with van der Waals surface area (Å²) in [5, 5.41) is 3.66. The van der Waals surface area contributed by atoms with Gasteiger partial charge in [-0.15, -0.1) is 0 Å². The van der Waals surface area contributed by atoms with E-state index in [4.69, 9.17) is 0 Å². The Morgan fingerprint density at radius 2 is 1.75 bits per heavy atom. The molecule has 0 saturated heterocycles. The van der Waals surface area contributed by atoms with E-state index in [0.717, 1.165) is 16.5 Å². The average Bonchev–Trinajstić information content (AvgIpc) is 2.97. The van der Waals surface area contributed by atoms with Gasteiger partial charge in [0.05, 0.1) is 0 Å². The zero-order chi connectivity index (χ0) is 17.3. The van der Waals surface area contributed by atoms with Crippen LogP contribution in [0.3, 0.4) is 0 Å². The largest absolute Gasteiger partial charge is 0.361 e. The van der Waals surface area contributed by atoms with Gasteiger partial charge in [0, 0.05) is 34.6 Å². The van der Waals surface area contributed by atoms with E-state index >= 15 is 0 Å². The van der Waals surface area contributed by atoms with Crippen molar-refractivity contribution in [1.82, 2.24) is 10.3 Å². The van der Waals surface area contributed by atoms with Gasteiger partial charge in [0.1, 0.15) is 11.6 Å². The number of H-pyrrole nitrogens is 1. The number of halogens is 2. The molecular formula is C19H18F2N2O. The van der Waals surface area contributed by atoms with E-state index in [2.05, 4.69) is 10.3 Å². The van der Waals surface area contributed by atoms with Crippen molar-refractivity contribution in [2.75, 3.05) is 6.54 Å². The summed E-state index contributed by atoms with van der Waals surface area (Å²) in [6.45, 7) is 4.32. The molecular weight excluding hydrogens is 310 g/mol. The Balaban J connectivity index is 1.78. The third kappa shape index (κ3) is 3.15. The van der Waals surface area contributed by atoms with Gasteiger partial charge in [0.2, 0.25) is 0 Å². The number of amides is 1. The van der Waals surface area contributed by atoms with Crippen LogP contribution in [0.5, 0.6) is 0 Å². The van der Waals surface area contributed by atoms with Gasteiger partial charge in [0.25, 0.3) is 5.91 Å². The van der Waals surface area contributed by atoms with Gasteiger partial charge in [0.15, 0.2) is 0 Å². The highest BCUT2D eigenvalue weighted by Gasteiger charge is 2.25. The van der Waals surface area contributed by atoms with Gasteiger partial charge in [-0.2, -0.15) is 0 Å². The number of carbonyl (C=O) groups is 1. The molecule has 0 aliphatic rings. The van der Waals surface area contributed by atoms with Crippen molar-refractivity contribution in [2.24, 2.45) is 0 Å². The van der Waals surface area contributed by atoms with Crippen molar-refractivity contribution in [3.63, 3.8) is 0 Å². The average molecular weight is 328 g/mol. The van der Waals surface area contributed by atoms with Gasteiger partial charge >= 0.3 is 0 Å². The van der Waals surface area contributed by atoms with Gasteiger partial charge in [-0.3, -0.25) is 4.79 Å². The van der Waals surface area contributed by atoms with Crippen LogP contribution in [0.15, 0.2) is 48.7 Å². The molecule has 0 atom stereocenters. The summed E-state index contributed by atoms with van der Waals surface area (Å²) in [4.78, 5) is 15.3. The first-order valence-electron chi connectivity index (χ1n) is 7.68. The Kier molecular flexibility index (Phi) is 4.09. The second-order valence-electron chi connectivity index (χ2n) is 6.47. The van der Waals surface area contributed by atoms with Crippen LogP contribution in [-0.4, -0.2) is 17.4 Å². The summed E-state index contributed by atoms with van der Waals surface area (Å²) < 4.78 is 26.5. The summed E-state index contributed by atoms with van der Waals surface area (Å²) in [5.41, 5.74) is 1.78. The zero-order valence-electron chi connectivity index (χ0n) is 13.5. The van der Waals surface area contributed by atoms with Gasteiger partial charge in [-0.1, -0.05) is 13.8 Å². The van der Waals surface area contributed by atoms with E-state index in [-0.39, 0.29) is 17.5 Å². The molecule has 0 radical (unpaired) electrons. The number of aromatic nitrogens is 1. The monoisotopic (exact) mass is 328 g/mol. The molecule has 0 aliphatic carbocycles. The number of hydrogen-bond acceptors (Lipinski definition) is 1. The van der Waals surface area contributed by atoms with Crippen LogP contribution in [0.1, 0.15) is 29.8 Å². The van der Waals surface area contributed by atoms with Crippen LogP contribution in [0, 0.1) is 11.6 Å². The molecule has 124 valence electrons. The molecule has 1 amide bonds. The fraction of sp³-hybridized carbons (Fsp3) is 0.211. The van der Waals surface area contributed by atoms with Crippen LogP contribution in [0.2, 0.25) is 0 Å². The number of fused-ring (bicyclic) bond motifs is 1. The lowest BCUT2D eigenvalue weighted by molar-refractivity contribution is 0.0945. The number of aromatic amines is 1. The van der Waals surface area contributed by atoms with Crippen LogP contribution in [0.4, 0.5) is 8.78 Å². The SMILES string of the molecule is CC(C)(CNC(=O)c1ccc(F)cc1)c1c[nH]c2ccc(F)cc12. The quantitative estimate of drug-likeness (QED) is 0.742. The van der Waals surface area contributed by atoms with Crippen molar-refractivity contribution in [3.05, 3.63) is 71.4 Å². The highest BCUT2D eigenvalue weighted by Crippen LogP contribution is 2.30. The lowest BCUT2D eigenvalue weighted by Gasteiger charge is -2.25. The third-order valence-corrected chi connectivity index (χ3v) is 4.17. The molecule has 0 saturated carbocycles. The second kappa shape index (κ2) is 6.07. The lowest BCUT2D eigenvalue weighted by Crippen LogP contribution is -2.36. The van der Waals surface area contributed by atoms with Crippen LogP contribution < -0.4 is 5.32 Å². The van der Waals surface area contributed by atoms with Gasteiger partial charge < -0.3 is 10.3 Å². The standard InChI is InChI=1S/C19H18F2N2O/c1-19(2,11-23-18(24)12-3-5-13(20)6-4-12)16-10-22-17-8-7-14(21)9-15(16)17/h3-10,22H,11H2,1-2H3,(H,23,24). The van der Waals surface area contributed by atoms with Crippen LogP contribution >= 0.6 is 0 Å². The maximum Gasteiger partial charge on any atom is 0.251 e. The zero-order valence-corrected chi connectivity index (χ0v) is 13.5. The molecule has 1 aromatic heterocycles. The lowest BCUT2D eigenvalue weighted by atomic mass is 9.84. The number of benzene rings is 2. The molecule has 1 heterocycles. The minimum atomic E-state index is -0.401. The Labute approximate surface area is 138 Å². The normalized spacial score (nSPS) is 11.7. The molecule has 3 aromatic rings. The number of carbonyl (C=O) groups excluding carboxylic acids is 1. The molecule has 0 spiro atoms. The molecule has 0 fully saturated rings. The maximum atomic E-state index is 13.5. The molecule has 3 nitrogen and oxygen atoms in total. The third-order valence-electron chi connectivity index (χ3n) is 4.17. The molecule has 5 heteroatoms. The van der Waals surface area contributed by atoms with Gasteiger partial charge in [-0.05, 0) is 48.0 Å². The molecule has 2 aromatic carbocycles. The summed E-state index contributed by atoms with van der Waals surface area (Å²) in [6.07, 6.45) is 1.84. The van der Waals surface area contributed by atoms with Crippen molar-refractivity contribution in [1.29, 1.82) is 0 Å². The minimum absolute atomic E-state index is 0.269. The highest BCUT2D eigenvalue weighted by molar-refractivity contribution is 5.94. The van der Waals surface area contributed by atoms with Crippen molar-refractivity contribution >= 4 is 16.8 Å². The number of nitrogens with one attached hydrogen (secondary N) is 2. The van der Waals surface area contributed by atoms with E-state index in [1.807, 2.05) is 20.0 Å². The molecule has 24 heavy (non-hydrogen) atoms. The minimum Gasteiger partial charge on any atom is -0.361 e. The fourth-order valence-corrected chi connectivity index (χ4v) is 2.75. The Morgan fingerprint density at radius 1 is 1.08 bits per heavy atom. The van der Waals surface area contributed by atoms with Crippen molar-refractivity contribution in [3.8, 4) is 0 Å². The Bertz CT molecular complexity index is 882. The van der Waals surface area contributed by atoms with E-state index in [1.165, 1.54) is 36.4 Å². The smallest absolute Gasteiger partial charge is 0.251 e. The van der Waals surface area contributed by atoms with E-state index < -0.39 is 5.41 Å². The first kappa shape index (κ1) is 16.2. The predicted molar refractivity (Wildman–Crippen MR) is 90.0 cm³/mol. The van der Waals surface area contributed by atoms with Crippen molar-refractivity contribution in [2.45, 2.75) is 19.3 Å². The van der Waals surface area contributed by atoms with Crippen LogP contribution in [-0.2, 0) is 5.41 Å². The molecule has 0 unspecified atom stereocenters.